The fourth-order valence-electron chi connectivity index (χ4n) is 2.53. The van der Waals surface area contributed by atoms with Crippen LogP contribution in [-0.4, -0.2) is 36.2 Å². The van der Waals surface area contributed by atoms with Gasteiger partial charge >= 0.3 is 0 Å². The molecule has 0 amide bonds. The summed E-state index contributed by atoms with van der Waals surface area (Å²) in [5, 5.41) is 9.02. The Morgan fingerprint density at radius 1 is 1.38 bits per heavy atom. The summed E-state index contributed by atoms with van der Waals surface area (Å²) in [6.45, 7) is 1.88. The number of aryl methyl sites for hydroxylation is 1. The third-order valence-corrected chi connectivity index (χ3v) is 3.64. The van der Waals surface area contributed by atoms with Gasteiger partial charge in [-0.25, -0.2) is 9.13 Å². The molecule has 128 valence electrons. The molecule has 2 heterocycles. The Labute approximate surface area is 140 Å². The summed E-state index contributed by atoms with van der Waals surface area (Å²) in [6.07, 6.45) is 7.65. The van der Waals surface area contributed by atoms with Crippen LogP contribution in [0.4, 0.5) is 5.69 Å². The predicted octanol–water partition coefficient (Wildman–Crippen LogP) is 0.993. The molecule has 0 fully saturated rings. The predicted molar refractivity (Wildman–Crippen MR) is 87.1 cm³/mol. The summed E-state index contributed by atoms with van der Waals surface area (Å²) in [5.74, 6) is 1.34. The molecule has 0 radical (unpaired) electrons. The maximum atomic E-state index is 9.02. The van der Waals surface area contributed by atoms with Gasteiger partial charge in [0.2, 0.25) is 19.0 Å². The van der Waals surface area contributed by atoms with Gasteiger partial charge in [0.05, 0.1) is 25.9 Å². The number of ether oxygens (including phenoxy) is 3. The Bertz CT molecular complexity index is 699. The average Bonchev–Trinajstić information content (AvgIpc) is 3.26. The molecule has 1 N–H and O–H groups in total. The second kappa shape index (κ2) is 7.74. The molecule has 0 saturated heterocycles. The second-order valence-electron chi connectivity index (χ2n) is 5.39. The highest BCUT2D eigenvalue weighted by Gasteiger charge is 2.21. The molecule has 7 nitrogen and oxygen atoms in total. The van der Waals surface area contributed by atoms with E-state index in [1.54, 1.807) is 6.26 Å². The fourth-order valence-corrected chi connectivity index (χ4v) is 2.53. The van der Waals surface area contributed by atoms with Gasteiger partial charge in [0.25, 0.3) is 0 Å². The van der Waals surface area contributed by atoms with Crippen molar-refractivity contribution in [3.8, 4) is 5.75 Å². The quantitative estimate of drug-likeness (QED) is 0.731. The molecule has 1 aromatic heterocycles. The molecule has 2 aromatic rings. The Morgan fingerprint density at radius 3 is 2.96 bits per heavy atom. The van der Waals surface area contributed by atoms with E-state index in [9.17, 15) is 0 Å². The highest BCUT2D eigenvalue weighted by molar-refractivity contribution is 5.61. The van der Waals surface area contributed by atoms with Crippen LogP contribution in [-0.2, 0) is 23.1 Å². The van der Waals surface area contributed by atoms with E-state index in [0.29, 0.717) is 18.2 Å². The number of hydrogen-bond donors (Lipinski definition) is 1. The first-order chi connectivity index (χ1) is 11.8. The van der Waals surface area contributed by atoms with Crippen LogP contribution < -0.4 is 14.2 Å². The summed E-state index contributed by atoms with van der Waals surface area (Å²) in [5.41, 5.74) is 0.874. The Kier molecular flexibility index (Phi) is 5.22. The zero-order chi connectivity index (χ0) is 16.8. The Balaban J connectivity index is 1.82. The molecular weight excluding hydrogens is 310 g/mol. The third kappa shape index (κ3) is 3.80. The topological polar surface area (TPSA) is 60.0 Å². The molecule has 24 heavy (non-hydrogen) atoms. The summed E-state index contributed by atoms with van der Waals surface area (Å²) < 4.78 is 20.5. The van der Waals surface area contributed by atoms with Crippen molar-refractivity contribution in [2.75, 3.05) is 31.5 Å². The van der Waals surface area contributed by atoms with E-state index >= 15 is 0 Å². The Morgan fingerprint density at radius 2 is 2.25 bits per heavy atom. The molecule has 1 aliphatic heterocycles. The second-order valence-corrected chi connectivity index (χ2v) is 5.39. The van der Waals surface area contributed by atoms with Crippen LogP contribution in [0.25, 0.3) is 0 Å². The van der Waals surface area contributed by atoms with Crippen molar-refractivity contribution in [3.63, 3.8) is 0 Å². The van der Waals surface area contributed by atoms with Crippen molar-refractivity contribution < 1.29 is 23.9 Å². The minimum absolute atomic E-state index is 0.0312. The normalized spacial score (nSPS) is 13.2. The number of imidazole rings is 1. The number of anilines is 1. The van der Waals surface area contributed by atoms with Gasteiger partial charge in [-0.3, -0.25) is 0 Å². The lowest BCUT2D eigenvalue weighted by atomic mass is 10.2. The minimum atomic E-state index is -0.0312. The van der Waals surface area contributed by atoms with Crippen molar-refractivity contribution in [1.29, 1.82) is 0 Å². The van der Waals surface area contributed by atoms with E-state index in [2.05, 4.69) is 4.57 Å². The Hall–Kier alpha value is -2.67. The maximum absolute atomic E-state index is 9.02. The first kappa shape index (κ1) is 16.2. The van der Waals surface area contributed by atoms with Crippen LogP contribution in [0.1, 0.15) is 0 Å². The molecule has 3 rings (SSSR count). The number of benzene rings is 1. The van der Waals surface area contributed by atoms with E-state index in [1.165, 1.54) is 0 Å². The number of aliphatic hydroxyl groups is 1. The van der Waals surface area contributed by atoms with Gasteiger partial charge in [-0.15, -0.1) is 0 Å². The standard InChI is InChI=1S/C17H22N3O4/c1-18-6-7-19(13-18)8-9-20(17-12-22-14-24-17)15-4-2-3-5-16(15)23-11-10-21/h2-7,12-13,21H,8-11,14H2,1H3/q+1. The van der Waals surface area contributed by atoms with Gasteiger partial charge in [-0.1, -0.05) is 12.1 Å². The lowest BCUT2D eigenvalue weighted by Crippen LogP contribution is -2.28. The number of rotatable bonds is 8. The third-order valence-electron chi connectivity index (χ3n) is 3.64. The van der Waals surface area contributed by atoms with E-state index in [0.717, 1.165) is 12.2 Å². The van der Waals surface area contributed by atoms with Crippen LogP contribution in [0, 0.1) is 0 Å². The number of hydrogen-bond acceptors (Lipinski definition) is 5. The SMILES string of the molecule is C[n+]1ccn(CCN(C2=COCO2)c2ccccc2OCCO)c1. The summed E-state index contributed by atoms with van der Waals surface area (Å²) in [4.78, 5) is 2.01. The molecule has 7 heteroatoms. The van der Waals surface area contributed by atoms with E-state index in [-0.39, 0.29) is 20.0 Å². The van der Waals surface area contributed by atoms with Gasteiger partial charge < -0.3 is 24.2 Å². The molecular formula is C17H22N3O4+. The van der Waals surface area contributed by atoms with Crippen LogP contribution >= 0.6 is 0 Å². The van der Waals surface area contributed by atoms with Crippen LogP contribution in [0.5, 0.6) is 5.75 Å². The van der Waals surface area contributed by atoms with E-state index < -0.39 is 0 Å². The van der Waals surface area contributed by atoms with Gasteiger partial charge in [-0.2, -0.15) is 0 Å². The fraction of sp³-hybridized carbons (Fsp3) is 0.353. The zero-order valence-corrected chi connectivity index (χ0v) is 13.7. The molecule has 0 saturated carbocycles. The molecule has 0 aliphatic carbocycles. The zero-order valence-electron chi connectivity index (χ0n) is 13.7. The highest BCUT2D eigenvalue weighted by Crippen LogP contribution is 2.32. The minimum Gasteiger partial charge on any atom is -0.489 e. The lowest BCUT2D eigenvalue weighted by Gasteiger charge is -2.25. The van der Waals surface area contributed by atoms with Crippen LogP contribution in [0.15, 0.2) is 55.1 Å². The molecule has 0 bridgehead atoms. The monoisotopic (exact) mass is 332 g/mol. The van der Waals surface area contributed by atoms with Gasteiger partial charge in [0, 0.05) is 0 Å². The summed E-state index contributed by atoms with van der Waals surface area (Å²) in [7, 11) is 1.99. The molecule has 1 aliphatic rings. The first-order valence-electron chi connectivity index (χ1n) is 7.84. The lowest BCUT2D eigenvalue weighted by molar-refractivity contribution is -0.671. The number of nitrogens with zero attached hydrogens (tertiary/aromatic N) is 3. The van der Waals surface area contributed by atoms with Crippen LogP contribution in [0.3, 0.4) is 0 Å². The average molecular weight is 332 g/mol. The summed E-state index contributed by atoms with van der Waals surface area (Å²) >= 11 is 0. The smallest absolute Gasteiger partial charge is 0.243 e. The molecule has 1 aromatic carbocycles. The highest BCUT2D eigenvalue weighted by atomic mass is 16.7. The van der Waals surface area contributed by atoms with Crippen molar-refractivity contribution in [1.82, 2.24) is 4.57 Å². The van der Waals surface area contributed by atoms with Crippen molar-refractivity contribution >= 4 is 5.69 Å². The number of aromatic nitrogens is 2. The van der Waals surface area contributed by atoms with Gasteiger partial charge in [-0.05, 0) is 12.1 Å². The van der Waals surface area contributed by atoms with Crippen molar-refractivity contribution in [2.24, 2.45) is 7.05 Å². The maximum Gasteiger partial charge on any atom is 0.243 e. The molecule has 0 unspecified atom stereocenters. The first-order valence-corrected chi connectivity index (χ1v) is 7.84. The van der Waals surface area contributed by atoms with Gasteiger partial charge in [0.15, 0.2) is 0 Å². The number of para-hydroxylation sites is 2. The van der Waals surface area contributed by atoms with Crippen molar-refractivity contribution in [3.05, 3.63) is 55.1 Å². The van der Waals surface area contributed by atoms with E-state index in [1.807, 2.05) is 59.5 Å². The molecule has 0 atom stereocenters. The van der Waals surface area contributed by atoms with Crippen molar-refractivity contribution in [2.45, 2.75) is 6.54 Å². The number of aliphatic hydroxyl groups excluding tert-OH is 1. The largest absolute Gasteiger partial charge is 0.489 e. The molecule has 0 spiro atoms. The summed E-state index contributed by atoms with van der Waals surface area (Å²) in [6, 6.07) is 7.69. The van der Waals surface area contributed by atoms with Crippen LogP contribution in [0.2, 0.25) is 0 Å². The van der Waals surface area contributed by atoms with Gasteiger partial charge in [0.1, 0.15) is 37.6 Å². The van der Waals surface area contributed by atoms with E-state index in [4.69, 9.17) is 19.3 Å².